The summed E-state index contributed by atoms with van der Waals surface area (Å²) in [4.78, 5) is 35.6. The normalized spacial score (nSPS) is 15.9. The van der Waals surface area contributed by atoms with Crippen LogP contribution in [-0.2, 0) is 14.4 Å². The van der Waals surface area contributed by atoms with Crippen molar-refractivity contribution in [3.63, 3.8) is 0 Å². The molecule has 1 aliphatic heterocycles. The number of para-hydroxylation sites is 1. The highest BCUT2D eigenvalue weighted by molar-refractivity contribution is 6.05. The molecule has 2 aromatic rings. The summed E-state index contributed by atoms with van der Waals surface area (Å²) in [7, 11) is 0. The SMILES string of the molecule is CC(=O)Nc1cccc(NC(=O)[C@H]2CC(=O)Nc3ccccc32)c1. The predicted octanol–water partition coefficient (Wildman–Crippen LogP) is 2.71. The molecule has 3 rings (SSSR count). The third-order valence-corrected chi connectivity index (χ3v) is 3.77. The van der Waals surface area contributed by atoms with Gasteiger partial charge in [-0.3, -0.25) is 14.4 Å². The van der Waals surface area contributed by atoms with E-state index in [1.54, 1.807) is 30.3 Å². The van der Waals surface area contributed by atoms with Crippen LogP contribution in [0.5, 0.6) is 0 Å². The Kier molecular flexibility index (Phi) is 4.29. The van der Waals surface area contributed by atoms with Crippen molar-refractivity contribution in [2.24, 2.45) is 0 Å². The van der Waals surface area contributed by atoms with Crippen molar-refractivity contribution in [3.05, 3.63) is 54.1 Å². The number of benzene rings is 2. The van der Waals surface area contributed by atoms with Gasteiger partial charge in [-0.1, -0.05) is 24.3 Å². The van der Waals surface area contributed by atoms with Gasteiger partial charge in [0.25, 0.3) is 0 Å². The molecule has 3 amide bonds. The first-order valence-electron chi connectivity index (χ1n) is 7.60. The van der Waals surface area contributed by atoms with Gasteiger partial charge in [0.1, 0.15) is 0 Å². The molecule has 2 aromatic carbocycles. The number of carbonyl (C=O) groups excluding carboxylic acids is 3. The highest BCUT2D eigenvalue weighted by Crippen LogP contribution is 2.33. The number of fused-ring (bicyclic) bond motifs is 1. The fraction of sp³-hybridized carbons (Fsp3) is 0.167. The second kappa shape index (κ2) is 6.54. The minimum atomic E-state index is -0.542. The molecule has 0 saturated heterocycles. The number of amides is 3. The minimum absolute atomic E-state index is 0.105. The molecule has 24 heavy (non-hydrogen) atoms. The molecule has 0 saturated carbocycles. The van der Waals surface area contributed by atoms with Crippen LogP contribution >= 0.6 is 0 Å². The topological polar surface area (TPSA) is 87.3 Å². The highest BCUT2D eigenvalue weighted by atomic mass is 16.2. The number of carbonyl (C=O) groups is 3. The molecule has 6 heteroatoms. The Balaban J connectivity index is 1.80. The Labute approximate surface area is 139 Å². The Morgan fingerprint density at radius 3 is 2.50 bits per heavy atom. The summed E-state index contributed by atoms with van der Waals surface area (Å²) in [6.45, 7) is 1.42. The fourth-order valence-corrected chi connectivity index (χ4v) is 2.75. The van der Waals surface area contributed by atoms with Crippen molar-refractivity contribution >= 4 is 34.8 Å². The first kappa shape index (κ1) is 15.7. The van der Waals surface area contributed by atoms with Crippen molar-refractivity contribution in [1.82, 2.24) is 0 Å². The zero-order chi connectivity index (χ0) is 17.1. The number of nitrogens with one attached hydrogen (secondary N) is 3. The van der Waals surface area contributed by atoms with E-state index in [1.807, 2.05) is 18.2 Å². The van der Waals surface area contributed by atoms with Gasteiger partial charge in [-0.15, -0.1) is 0 Å². The molecule has 122 valence electrons. The summed E-state index contributed by atoms with van der Waals surface area (Å²) in [6.07, 6.45) is 0.105. The zero-order valence-electron chi connectivity index (χ0n) is 13.1. The fourth-order valence-electron chi connectivity index (χ4n) is 2.75. The molecule has 0 aliphatic carbocycles. The van der Waals surface area contributed by atoms with Crippen LogP contribution in [0.25, 0.3) is 0 Å². The van der Waals surface area contributed by atoms with Gasteiger partial charge in [0.05, 0.1) is 5.92 Å². The van der Waals surface area contributed by atoms with Crippen LogP contribution in [0.4, 0.5) is 17.1 Å². The van der Waals surface area contributed by atoms with E-state index in [9.17, 15) is 14.4 Å². The number of hydrogen-bond acceptors (Lipinski definition) is 3. The molecule has 0 radical (unpaired) electrons. The highest BCUT2D eigenvalue weighted by Gasteiger charge is 2.30. The summed E-state index contributed by atoms with van der Waals surface area (Å²) in [5.41, 5.74) is 2.63. The summed E-state index contributed by atoms with van der Waals surface area (Å²) in [5.74, 6) is -1.16. The maximum Gasteiger partial charge on any atom is 0.232 e. The summed E-state index contributed by atoms with van der Waals surface area (Å²) in [5, 5.41) is 8.26. The van der Waals surface area contributed by atoms with Crippen LogP contribution in [-0.4, -0.2) is 17.7 Å². The molecular formula is C18H17N3O3. The predicted molar refractivity (Wildman–Crippen MR) is 91.8 cm³/mol. The third kappa shape index (κ3) is 3.43. The van der Waals surface area contributed by atoms with E-state index in [0.717, 1.165) is 5.56 Å². The van der Waals surface area contributed by atoms with Crippen LogP contribution in [0.2, 0.25) is 0 Å². The Hall–Kier alpha value is -3.15. The standard InChI is InChI=1S/C18H17N3O3/c1-11(22)19-12-5-4-6-13(9-12)20-18(24)15-10-17(23)21-16-8-3-2-7-14(15)16/h2-9,15H,10H2,1H3,(H,19,22)(H,20,24)(H,21,23)/t15-/m0/s1. The van der Waals surface area contributed by atoms with E-state index in [2.05, 4.69) is 16.0 Å². The number of hydrogen-bond donors (Lipinski definition) is 3. The lowest BCUT2D eigenvalue weighted by atomic mass is 9.90. The second-order valence-corrected chi connectivity index (χ2v) is 5.64. The Bertz CT molecular complexity index is 817. The molecule has 6 nitrogen and oxygen atoms in total. The second-order valence-electron chi connectivity index (χ2n) is 5.64. The van der Waals surface area contributed by atoms with Crippen molar-refractivity contribution in [1.29, 1.82) is 0 Å². The van der Waals surface area contributed by atoms with E-state index in [-0.39, 0.29) is 24.1 Å². The van der Waals surface area contributed by atoms with Crippen LogP contribution < -0.4 is 16.0 Å². The smallest absolute Gasteiger partial charge is 0.232 e. The molecule has 0 fully saturated rings. The zero-order valence-corrected chi connectivity index (χ0v) is 13.1. The molecule has 3 N–H and O–H groups in total. The lowest BCUT2D eigenvalue weighted by molar-refractivity contribution is -0.123. The van der Waals surface area contributed by atoms with E-state index in [0.29, 0.717) is 17.1 Å². The third-order valence-electron chi connectivity index (χ3n) is 3.77. The Morgan fingerprint density at radius 1 is 1.04 bits per heavy atom. The summed E-state index contributed by atoms with van der Waals surface area (Å²) < 4.78 is 0. The van der Waals surface area contributed by atoms with Gasteiger partial charge in [-0.2, -0.15) is 0 Å². The lowest BCUT2D eigenvalue weighted by Gasteiger charge is -2.24. The van der Waals surface area contributed by atoms with Gasteiger partial charge in [-0.05, 0) is 29.8 Å². The first-order valence-corrected chi connectivity index (χ1v) is 7.60. The van der Waals surface area contributed by atoms with E-state index in [4.69, 9.17) is 0 Å². The van der Waals surface area contributed by atoms with Crippen molar-refractivity contribution in [2.75, 3.05) is 16.0 Å². The largest absolute Gasteiger partial charge is 0.326 e. The van der Waals surface area contributed by atoms with Gasteiger partial charge >= 0.3 is 0 Å². The molecule has 0 spiro atoms. The van der Waals surface area contributed by atoms with Gasteiger partial charge in [-0.25, -0.2) is 0 Å². The van der Waals surface area contributed by atoms with Gasteiger partial charge in [0.15, 0.2) is 0 Å². The van der Waals surface area contributed by atoms with Gasteiger partial charge in [0.2, 0.25) is 17.7 Å². The van der Waals surface area contributed by atoms with Crippen LogP contribution in [0.1, 0.15) is 24.8 Å². The minimum Gasteiger partial charge on any atom is -0.326 e. The molecule has 0 aromatic heterocycles. The average molecular weight is 323 g/mol. The van der Waals surface area contributed by atoms with Crippen molar-refractivity contribution in [2.45, 2.75) is 19.3 Å². The summed E-state index contributed by atoms with van der Waals surface area (Å²) in [6, 6.07) is 14.2. The van der Waals surface area contributed by atoms with Crippen LogP contribution in [0.3, 0.4) is 0 Å². The van der Waals surface area contributed by atoms with Crippen LogP contribution in [0, 0.1) is 0 Å². The maximum absolute atomic E-state index is 12.6. The molecule has 0 bridgehead atoms. The maximum atomic E-state index is 12.6. The quantitative estimate of drug-likeness (QED) is 0.811. The molecular weight excluding hydrogens is 306 g/mol. The van der Waals surface area contributed by atoms with E-state index >= 15 is 0 Å². The Morgan fingerprint density at radius 2 is 1.75 bits per heavy atom. The number of rotatable bonds is 3. The van der Waals surface area contributed by atoms with Crippen LogP contribution in [0.15, 0.2) is 48.5 Å². The van der Waals surface area contributed by atoms with Gasteiger partial charge < -0.3 is 16.0 Å². The average Bonchev–Trinajstić information content (AvgIpc) is 2.53. The number of anilines is 3. The van der Waals surface area contributed by atoms with Crippen molar-refractivity contribution in [3.8, 4) is 0 Å². The molecule has 0 unspecified atom stereocenters. The first-order chi connectivity index (χ1) is 11.5. The van der Waals surface area contributed by atoms with Crippen molar-refractivity contribution < 1.29 is 14.4 Å². The summed E-state index contributed by atoms with van der Waals surface area (Å²) >= 11 is 0. The van der Waals surface area contributed by atoms with E-state index in [1.165, 1.54) is 6.92 Å². The lowest BCUT2D eigenvalue weighted by Crippen LogP contribution is -2.30. The molecule has 1 atom stereocenters. The monoisotopic (exact) mass is 323 g/mol. The molecule has 1 aliphatic rings. The van der Waals surface area contributed by atoms with E-state index < -0.39 is 5.92 Å². The van der Waals surface area contributed by atoms with Gasteiger partial charge in [0, 0.05) is 30.4 Å². The molecule has 1 heterocycles.